The lowest BCUT2D eigenvalue weighted by atomic mass is 10.1. The van der Waals surface area contributed by atoms with Gasteiger partial charge in [-0.3, -0.25) is 14.4 Å². The summed E-state index contributed by atoms with van der Waals surface area (Å²) >= 11 is 0. The topological polar surface area (TPSA) is 96.1 Å². The molecule has 1 aromatic rings. The van der Waals surface area contributed by atoms with Crippen molar-refractivity contribution in [3.05, 3.63) is 30.3 Å². The lowest BCUT2D eigenvalue weighted by Crippen LogP contribution is -2.41. The van der Waals surface area contributed by atoms with Gasteiger partial charge in [-0.25, -0.2) is 5.01 Å². The van der Waals surface area contributed by atoms with Gasteiger partial charge in [-0.05, 0) is 18.6 Å². The third-order valence-electron chi connectivity index (χ3n) is 4.16. The van der Waals surface area contributed by atoms with Gasteiger partial charge in [0.25, 0.3) is 5.91 Å². The van der Waals surface area contributed by atoms with Crippen LogP contribution in [0.25, 0.3) is 0 Å². The van der Waals surface area contributed by atoms with Crippen molar-refractivity contribution in [3.63, 3.8) is 0 Å². The van der Waals surface area contributed by atoms with Crippen LogP contribution in [0.5, 0.6) is 0 Å². The molecule has 7 heteroatoms. The fraction of sp³-hybridized carbons (Fsp3) is 0.375. The molecule has 3 amide bonds. The summed E-state index contributed by atoms with van der Waals surface area (Å²) in [5.41, 5.74) is 6.28. The van der Waals surface area contributed by atoms with Gasteiger partial charge in [-0.15, -0.1) is 0 Å². The van der Waals surface area contributed by atoms with Crippen LogP contribution >= 0.6 is 0 Å². The number of rotatable bonds is 3. The summed E-state index contributed by atoms with van der Waals surface area (Å²) in [6, 6.07) is 9.02. The zero-order valence-electron chi connectivity index (χ0n) is 12.6. The van der Waals surface area contributed by atoms with Crippen molar-refractivity contribution in [2.45, 2.75) is 19.3 Å². The molecular weight excluding hydrogens is 296 g/mol. The average molecular weight is 314 g/mol. The number of hydrogen-bond acceptors (Lipinski definition) is 4. The van der Waals surface area contributed by atoms with E-state index < -0.39 is 0 Å². The summed E-state index contributed by atoms with van der Waals surface area (Å²) in [5, 5.41) is 5.52. The number of hydrogen-bond donors (Lipinski definition) is 1. The Bertz CT molecular complexity index is 671. The minimum absolute atomic E-state index is 0.135. The molecule has 1 fully saturated rings. The highest BCUT2D eigenvalue weighted by Gasteiger charge is 2.34. The second-order valence-corrected chi connectivity index (χ2v) is 5.73. The first kappa shape index (κ1) is 15.2. The van der Waals surface area contributed by atoms with Crippen molar-refractivity contribution in [1.29, 1.82) is 0 Å². The highest BCUT2D eigenvalue weighted by atomic mass is 16.2. The van der Waals surface area contributed by atoms with E-state index in [0.29, 0.717) is 37.3 Å². The highest BCUT2D eigenvalue weighted by molar-refractivity contribution is 6.40. The summed E-state index contributed by atoms with van der Waals surface area (Å²) in [6.07, 6.45) is 1.14. The van der Waals surface area contributed by atoms with Crippen molar-refractivity contribution in [1.82, 2.24) is 4.90 Å². The molecule has 3 rings (SSSR count). The van der Waals surface area contributed by atoms with Crippen LogP contribution in [0.2, 0.25) is 0 Å². The van der Waals surface area contributed by atoms with Crippen molar-refractivity contribution >= 4 is 29.1 Å². The van der Waals surface area contributed by atoms with Crippen molar-refractivity contribution in [2.75, 3.05) is 18.1 Å². The smallest absolute Gasteiger partial charge is 0.270 e. The summed E-state index contributed by atoms with van der Waals surface area (Å²) in [7, 11) is 0. The number of carbonyl (C=O) groups excluding carboxylic acids is 3. The van der Waals surface area contributed by atoms with E-state index in [-0.39, 0.29) is 30.1 Å². The van der Waals surface area contributed by atoms with Gasteiger partial charge in [0.2, 0.25) is 11.8 Å². The number of nitrogens with two attached hydrogens (primary N) is 1. The maximum Gasteiger partial charge on any atom is 0.270 e. The predicted octanol–water partition coefficient (Wildman–Crippen LogP) is 0.503. The van der Waals surface area contributed by atoms with Crippen LogP contribution < -0.4 is 10.7 Å². The minimum Gasteiger partial charge on any atom is -0.369 e. The van der Waals surface area contributed by atoms with E-state index in [1.54, 1.807) is 17.0 Å². The first-order valence-corrected chi connectivity index (χ1v) is 7.60. The molecule has 0 bridgehead atoms. The Balaban J connectivity index is 1.78. The van der Waals surface area contributed by atoms with Gasteiger partial charge in [-0.2, -0.15) is 5.10 Å². The molecule has 1 atom stereocenters. The van der Waals surface area contributed by atoms with Crippen LogP contribution in [0, 0.1) is 5.92 Å². The summed E-state index contributed by atoms with van der Waals surface area (Å²) in [4.78, 5) is 37.4. The molecule has 120 valence electrons. The van der Waals surface area contributed by atoms with E-state index in [1.165, 1.54) is 5.01 Å². The molecule has 2 N–H and O–H groups in total. The van der Waals surface area contributed by atoms with Gasteiger partial charge >= 0.3 is 0 Å². The molecule has 0 spiro atoms. The number of likely N-dealkylation sites (tertiary alicyclic amines) is 1. The Labute approximate surface area is 133 Å². The monoisotopic (exact) mass is 314 g/mol. The molecule has 1 aromatic carbocycles. The van der Waals surface area contributed by atoms with Crippen molar-refractivity contribution < 1.29 is 14.4 Å². The third kappa shape index (κ3) is 3.08. The minimum atomic E-state index is -0.382. The highest BCUT2D eigenvalue weighted by Crippen LogP contribution is 2.22. The Morgan fingerprint density at radius 1 is 1.17 bits per heavy atom. The number of hydrazone groups is 1. The van der Waals surface area contributed by atoms with Crippen molar-refractivity contribution in [2.24, 2.45) is 16.8 Å². The number of benzene rings is 1. The fourth-order valence-corrected chi connectivity index (χ4v) is 2.84. The zero-order chi connectivity index (χ0) is 16.4. The van der Waals surface area contributed by atoms with Crippen LogP contribution in [-0.4, -0.2) is 41.4 Å². The molecular formula is C16H18N4O3. The van der Waals surface area contributed by atoms with E-state index >= 15 is 0 Å². The SMILES string of the molecule is NC(=O)C1CCN(C(=O)C2=NN(c3ccccc3)C(=O)CC2)C1. The molecule has 0 aromatic heterocycles. The molecule has 0 radical (unpaired) electrons. The number of amides is 3. The van der Waals surface area contributed by atoms with E-state index in [0.717, 1.165) is 0 Å². The van der Waals surface area contributed by atoms with Gasteiger partial charge in [-0.1, -0.05) is 18.2 Å². The number of para-hydroxylation sites is 1. The molecule has 1 saturated heterocycles. The molecule has 23 heavy (non-hydrogen) atoms. The van der Waals surface area contributed by atoms with Crippen LogP contribution in [0.3, 0.4) is 0 Å². The molecule has 1 unspecified atom stereocenters. The largest absolute Gasteiger partial charge is 0.369 e. The van der Waals surface area contributed by atoms with Crippen LogP contribution in [0.15, 0.2) is 35.4 Å². The Kier molecular flexibility index (Phi) is 4.10. The number of primary amides is 1. The predicted molar refractivity (Wildman–Crippen MR) is 84.5 cm³/mol. The Hall–Kier alpha value is -2.70. The van der Waals surface area contributed by atoms with E-state index in [2.05, 4.69) is 5.10 Å². The third-order valence-corrected chi connectivity index (χ3v) is 4.16. The zero-order valence-corrected chi connectivity index (χ0v) is 12.6. The Morgan fingerprint density at radius 2 is 1.91 bits per heavy atom. The maximum absolute atomic E-state index is 12.6. The fourth-order valence-electron chi connectivity index (χ4n) is 2.84. The number of carbonyl (C=O) groups is 3. The standard InChI is InChI=1S/C16H18N4O3/c17-15(22)11-8-9-19(10-11)16(23)13-6-7-14(21)20(18-13)12-4-2-1-3-5-12/h1-5,11H,6-10H2,(H2,17,22). The van der Waals surface area contributed by atoms with Gasteiger partial charge in [0.05, 0.1) is 11.6 Å². The number of nitrogens with zero attached hydrogens (tertiary/aromatic N) is 3. The average Bonchev–Trinajstić information content (AvgIpc) is 3.06. The van der Waals surface area contributed by atoms with Gasteiger partial charge < -0.3 is 10.6 Å². The first-order valence-electron chi connectivity index (χ1n) is 7.60. The quantitative estimate of drug-likeness (QED) is 0.880. The summed E-state index contributed by atoms with van der Waals surface area (Å²) in [6.45, 7) is 0.817. The molecule has 0 aliphatic carbocycles. The van der Waals surface area contributed by atoms with Gasteiger partial charge in [0.15, 0.2) is 0 Å². The maximum atomic E-state index is 12.6. The summed E-state index contributed by atoms with van der Waals surface area (Å²) in [5.74, 6) is -1.03. The second kappa shape index (κ2) is 6.20. The van der Waals surface area contributed by atoms with Crippen molar-refractivity contribution in [3.8, 4) is 0 Å². The molecule has 2 heterocycles. The normalized spacial score (nSPS) is 21.3. The lowest BCUT2D eigenvalue weighted by Gasteiger charge is -2.25. The molecule has 2 aliphatic rings. The second-order valence-electron chi connectivity index (χ2n) is 5.73. The Morgan fingerprint density at radius 3 is 2.57 bits per heavy atom. The molecule has 7 nitrogen and oxygen atoms in total. The van der Waals surface area contributed by atoms with Crippen LogP contribution in [0.4, 0.5) is 5.69 Å². The van der Waals surface area contributed by atoms with E-state index in [4.69, 9.17) is 5.73 Å². The van der Waals surface area contributed by atoms with Crippen LogP contribution in [0.1, 0.15) is 19.3 Å². The summed E-state index contributed by atoms with van der Waals surface area (Å²) < 4.78 is 0. The van der Waals surface area contributed by atoms with E-state index in [9.17, 15) is 14.4 Å². The number of anilines is 1. The first-order chi connectivity index (χ1) is 11.1. The van der Waals surface area contributed by atoms with E-state index in [1.807, 2.05) is 18.2 Å². The van der Waals surface area contributed by atoms with Gasteiger partial charge in [0, 0.05) is 25.9 Å². The van der Waals surface area contributed by atoms with Gasteiger partial charge in [0.1, 0.15) is 5.71 Å². The molecule has 2 aliphatic heterocycles. The lowest BCUT2D eigenvalue weighted by molar-refractivity contribution is -0.124. The van der Waals surface area contributed by atoms with Crippen LogP contribution in [-0.2, 0) is 14.4 Å². The molecule has 0 saturated carbocycles.